The number of carbonyl (C=O) groups excluding carboxylic acids is 1. The van der Waals surface area contributed by atoms with Crippen LogP contribution in [0, 0.1) is 26.9 Å². The van der Waals surface area contributed by atoms with Crippen LogP contribution < -0.4 is 10.0 Å². The molecule has 2 N–H and O–H groups in total. The second-order valence-corrected chi connectivity index (χ2v) is 9.65. The molecular formula is C19H19F3IN3O4S. The first kappa shape index (κ1) is 23.6. The number of halogens is 4. The molecule has 0 radical (unpaired) electrons. The zero-order valence-corrected chi connectivity index (χ0v) is 19.3. The third-order valence-corrected chi connectivity index (χ3v) is 6.80. The summed E-state index contributed by atoms with van der Waals surface area (Å²) in [4.78, 5) is 11.9. The Labute approximate surface area is 191 Å². The Kier molecular flexibility index (Phi) is 7.31. The number of anilines is 3. The van der Waals surface area contributed by atoms with Gasteiger partial charge >= 0.3 is 16.2 Å². The smallest absolute Gasteiger partial charge is 0.310 e. The van der Waals surface area contributed by atoms with Crippen LogP contribution in [0.15, 0.2) is 30.3 Å². The predicted octanol–water partition coefficient (Wildman–Crippen LogP) is 3.99. The first-order valence-corrected chi connectivity index (χ1v) is 11.8. The Morgan fingerprint density at radius 3 is 2.58 bits per heavy atom. The Morgan fingerprint density at radius 2 is 1.90 bits per heavy atom. The predicted molar refractivity (Wildman–Crippen MR) is 118 cm³/mol. The van der Waals surface area contributed by atoms with Crippen molar-refractivity contribution in [2.75, 3.05) is 29.7 Å². The summed E-state index contributed by atoms with van der Waals surface area (Å²) < 4.78 is 76.8. The lowest BCUT2D eigenvalue weighted by Crippen LogP contribution is -2.35. The number of esters is 1. The average Bonchev–Trinajstić information content (AvgIpc) is 3.21. The van der Waals surface area contributed by atoms with E-state index >= 15 is 0 Å². The average molecular weight is 569 g/mol. The molecule has 1 saturated heterocycles. The quantitative estimate of drug-likeness (QED) is 0.389. The summed E-state index contributed by atoms with van der Waals surface area (Å²) in [6.45, 7) is 1.78. The van der Waals surface area contributed by atoms with Gasteiger partial charge in [-0.25, -0.2) is 13.2 Å². The summed E-state index contributed by atoms with van der Waals surface area (Å²) in [7, 11) is -4.20. The Bertz CT molecular complexity index is 1100. The van der Waals surface area contributed by atoms with Gasteiger partial charge in [0.15, 0.2) is 11.6 Å². The molecule has 1 fully saturated rings. The first-order chi connectivity index (χ1) is 14.6. The highest BCUT2D eigenvalue weighted by Gasteiger charge is 2.36. The van der Waals surface area contributed by atoms with Crippen LogP contribution in [0.3, 0.4) is 0 Å². The fourth-order valence-corrected chi connectivity index (χ4v) is 4.84. The third kappa shape index (κ3) is 5.41. The van der Waals surface area contributed by atoms with Gasteiger partial charge in [-0.3, -0.25) is 9.52 Å². The van der Waals surface area contributed by atoms with Crippen molar-refractivity contribution in [1.82, 2.24) is 4.31 Å². The molecule has 0 bridgehead atoms. The van der Waals surface area contributed by atoms with Crippen LogP contribution in [0.2, 0.25) is 0 Å². The van der Waals surface area contributed by atoms with Crippen LogP contribution in [0.4, 0.5) is 30.2 Å². The van der Waals surface area contributed by atoms with E-state index in [9.17, 15) is 26.4 Å². The number of hydrogen-bond acceptors (Lipinski definition) is 5. The van der Waals surface area contributed by atoms with Crippen LogP contribution in [-0.2, 0) is 19.7 Å². The Morgan fingerprint density at radius 1 is 1.19 bits per heavy atom. The van der Waals surface area contributed by atoms with Gasteiger partial charge < -0.3 is 10.1 Å². The lowest BCUT2D eigenvalue weighted by molar-refractivity contribution is -0.147. The fourth-order valence-electron chi connectivity index (χ4n) is 3.09. The summed E-state index contributed by atoms with van der Waals surface area (Å²) in [6.07, 6.45) is 0.274. The van der Waals surface area contributed by atoms with Crippen molar-refractivity contribution in [2.24, 2.45) is 5.92 Å². The van der Waals surface area contributed by atoms with Crippen LogP contribution in [-0.4, -0.2) is 38.4 Å². The second-order valence-electron chi connectivity index (χ2n) is 6.74. The third-order valence-electron chi connectivity index (χ3n) is 4.64. The second kappa shape index (κ2) is 9.61. The molecule has 0 aliphatic carbocycles. The topological polar surface area (TPSA) is 87.7 Å². The number of nitrogens with one attached hydrogen (secondary N) is 2. The normalized spacial score (nSPS) is 16.9. The Balaban J connectivity index is 1.86. The molecule has 3 rings (SSSR count). The van der Waals surface area contributed by atoms with E-state index in [1.54, 1.807) is 13.0 Å². The van der Waals surface area contributed by atoms with Crippen molar-refractivity contribution in [3.63, 3.8) is 0 Å². The maximum Gasteiger partial charge on any atom is 0.310 e. The minimum atomic E-state index is -4.20. The lowest BCUT2D eigenvalue weighted by atomic mass is 10.1. The fraction of sp³-hybridized carbons (Fsp3) is 0.316. The molecule has 2 aromatic carbocycles. The van der Waals surface area contributed by atoms with Crippen molar-refractivity contribution < 1.29 is 31.1 Å². The standard InChI is InChI=1S/C19H19F3IN3O4S/c1-2-30-19(27)11-7-8-26(10-11)31(28,29)25-16-6-4-13(20)17(22)18(16)24-15-5-3-12(23)9-14(15)21/h3-6,9,11,24-25H,2,7-8,10H2,1H3. The molecule has 7 nitrogen and oxygen atoms in total. The van der Waals surface area contributed by atoms with Gasteiger partial charge in [0.25, 0.3) is 0 Å². The minimum Gasteiger partial charge on any atom is -0.466 e. The summed E-state index contributed by atoms with van der Waals surface area (Å²) in [5, 5.41) is 2.42. The van der Waals surface area contributed by atoms with Gasteiger partial charge in [0, 0.05) is 16.7 Å². The number of benzene rings is 2. The molecule has 0 aromatic heterocycles. The van der Waals surface area contributed by atoms with Crippen molar-refractivity contribution in [1.29, 1.82) is 0 Å². The first-order valence-electron chi connectivity index (χ1n) is 9.27. The van der Waals surface area contributed by atoms with E-state index in [2.05, 4.69) is 10.0 Å². The van der Waals surface area contributed by atoms with Crippen molar-refractivity contribution in [2.45, 2.75) is 13.3 Å². The van der Waals surface area contributed by atoms with E-state index in [0.29, 0.717) is 3.57 Å². The molecule has 0 spiro atoms. The van der Waals surface area contributed by atoms with Crippen LogP contribution >= 0.6 is 22.6 Å². The lowest BCUT2D eigenvalue weighted by Gasteiger charge is -2.20. The van der Waals surface area contributed by atoms with E-state index in [1.165, 1.54) is 12.1 Å². The SMILES string of the molecule is CCOC(=O)C1CCN(S(=O)(=O)Nc2ccc(F)c(F)c2Nc2ccc(I)cc2F)C1. The summed E-state index contributed by atoms with van der Waals surface area (Å²) in [5.41, 5.74) is -1.03. The van der Waals surface area contributed by atoms with E-state index in [0.717, 1.165) is 16.4 Å². The highest BCUT2D eigenvalue weighted by atomic mass is 127. The summed E-state index contributed by atoms with van der Waals surface area (Å²) in [6, 6.07) is 5.84. The number of ether oxygens (including phenoxy) is 1. The van der Waals surface area contributed by atoms with Gasteiger partial charge in [-0.15, -0.1) is 0 Å². The molecule has 1 atom stereocenters. The largest absolute Gasteiger partial charge is 0.466 e. The zero-order chi connectivity index (χ0) is 22.8. The molecule has 1 unspecified atom stereocenters. The molecule has 168 valence electrons. The van der Waals surface area contributed by atoms with E-state index in [4.69, 9.17) is 4.74 Å². The maximum atomic E-state index is 14.5. The number of rotatable bonds is 7. The highest BCUT2D eigenvalue weighted by Crippen LogP contribution is 2.33. The van der Waals surface area contributed by atoms with Gasteiger partial charge in [-0.2, -0.15) is 12.7 Å². The minimum absolute atomic E-state index is 0.0526. The molecule has 1 aliphatic heterocycles. The van der Waals surface area contributed by atoms with Gasteiger partial charge in [-0.05, 0) is 66.3 Å². The van der Waals surface area contributed by atoms with Crippen molar-refractivity contribution in [3.05, 3.63) is 51.4 Å². The number of nitrogens with zero attached hydrogens (tertiary/aromatic N) is 1. The monoisotopic (exact) mass is 569 g/mol. The van der Waals surface area contributed by atoms with Crippen molar-refractivity contribution in [3.8, 4) is 0 Å². The van der Waals surface area contributed by atoms with Crippen molar-refractivity contribution >= 4 is 55.8 Å². The van der Waals surface area contributed by atoms with Gasteiger partial charge in [-0.1, -0.05) is 0 Å². The molecule has 1 heterocycles. The van der Waals surface area contributed by atoms with Gasteiger partial charge in [0.1, 0.15) is 11.5 Å². The number of hydrogen-bond donors (Lipinski definition) is 2. The van der Waals surface area contributed by atoms with E-state index in [1.807, 2.05) is 22.6 Å². The molecule has 1 aliphatic rings. The van der Waals surface area contributed by atoms with E-state index < -0.39 is 45.2 Å². The Hall–Kier alpha value is -2.06. The van der Waals surface area contributed by atoms with Gasteiger partial charge in [0.2, 0.25) is 0 Å². The van der Waals surface area contributed by atoms with Crippen LogP contribution in [0.1, 0.15) is 13.3 Å². The summed E-state index contributed by atoms with van der Waals surface area (Å²) in [5.74, 6) is -4.44. The van der Waals surface area contributed by atoms with Crippen LogP contribution in [0.5, 0.6) is 0 Å². The van der Waals surface area contributed by atoms with Gasteiger partial charge in [0.05, 0.1) is 23.9 Å². The number of carbonyl (C=O) groups is 1. The highest BCUT2D eigenvalue weighted by molar-refractivity contribution is 14.1. The molecule has 31 heavy (non-hydrogen) atoms. The zero-order valence-electron chi connectivity index (χ0n) is 16.3. The van der Waals surface area contributed by atoms with E-state index in [-0.39, 0.29) is 37.5 Å². The molecule has 0 saturated carbocycles. The molecule has 0 amide bonds. The van der Waals surface area contributed by atoms with Crippen LogP contribution in [0.25, 0.3) is 0 Å². The molecular weight excluding hydrogens is 550 g/mol. The molecule has 2 aromatic rings. The maximum absolute atomic E-state index is 14.5. The molecule has 12 heteroatoms. The summed E-state index contributed by atoms with van der Waals surface area (Å²) >= 11 is 1.89.